The highest BCUT2D eigenvalue weighted by Gasteiger charge is 2.12. The standard InChI is InChI=1S/C11H8ClN3O2S/c12-8-2-1-5-14-11(8)18-7-3-4-10(15(16)17)9(13)6-7/h1-6H,13H2. The maximum atomic E-state index is 10.6. The number of aromatic nitrogens is 1. The van der Waals surface area contributed by atoms with Crippen molar-refractivity contribution in [2.75, 3.05) is 5.73 Å². The Bertz CT molecular complexity index is 607. The minimum Gasteiger partial charge on any atom is -0.393 e. The van der Waals surface area contributed by atoms with Crippen LogP contribution in [0.25, 0.3) is 0 Å². The summed E-state index contributed by atoms with van der Waals surface area (Å²) in [4.78, 5) is 15.0. The van der Waals surface area contributed by atoms with Crippen molar-refractivity contribution in [2.45, 2.75) is 9.92 Å². The molecule has 5 nitrogen and oxygen atoms in total. The minimum absolute atomic E-state index is 0.105. The Morgan fingerprint density at radius 3 is 2.78 bits per heavy atom. The van der Waals surface area contributed by atoms with Crippen molar-refractivity contribution in [3.63, 3.8) is 0 Å². The van der Waals surface area contributed by atoms with Gasteiger partial charge in [0.25, 0.3) is 5.69 Å². The summed E-state index contributed by atoms with van der Waals surface area (Å²) in [5.41, 5.74) is 5.62. The summed E-state index contributed by atoms with van der Waals surface area (Å²) in [6.45, 7) is 0. The second kappa shape index (κ2) is 5.24. The van der Waals surface area contributed by atoms with Crippen LogP contribution < -0.4 is 5.73 Å². The summed E-state index contributed by atoms with van der Waals surface area (Å²) >= 11 is 7.28. The van der Waals surface area contributed by atoms with E-state index >= 15 is 0 Å². The van der Waals surface area contributed by atoms with E-state index < -0.39 is 4.92 Å². The van der Waals surface area contributed by atoms with Gasteiger partial charge in [-0.3, -0.25) is 10.1 Å². The fraction of sp³-hybridized carbons (Fsp3) is 0. The van der Waals surface area contributed by atoms with Gasteiger partial charge in [-0.1, -0.05) is 23.4 Å². The molecule has 0 bridgehead atoms. The number of halogens is 1. The van der Waals surface area contributed by atoms with Gasteiger partial charge in [-0.25, -0.2) is 4.98 Å². The molecule has 2 rings (SSSR count). The first kappa shape index (κ1) is 12.7. The van der Waals surface area contributed by atoms with E-state index in [2.05, 4.69) is 4.98 Å². The van der Waals surface area contributed by atoms with Crippen LogP contribution in [-0.4, -0.2) is 9.91 Å². The number of nitrogen functional groups attached to an aromatic ring is 1. The van der Waals surface area contributed by atoms with E-state index in [1.165, 1.54) is 23.9 Å². The molecule has 0 saturated carbocycles. The van der Waals surface area contributed by atoms with Crippen LogP contribution in [0.5, 0.6) is 0 Å². The molecule has 2 N–H and O–H groups in total. The molecule has 0 spiro atoms. The molecule has 1 heterocycles. The van der Waals surface area contributed by atoms with Crippen molar-refractivity contribution in [1.29, 1.82) is 0 Å². The SMILES string of the molecule is Nc1cc(Sc2ncccc2Cl)ccc1[N+](=O)[O-]. The molecular formula is C11H8ClN3O2S. The summed E-state index contributed by atoms with van der Waals surface area (Å²) in [5.74, 6) is 0. The maximum Gasteiger partial charge on any atom is 0.292 e. The molecule has 7 heteroatoms. The highest BCUT2D eigenvalue weighted by Crippen LogP contribution is 2.34. The molecule has 0 aliphatic carbocycles. The van der Waals surface area contributed by atoms with Crippen LogP contribution in [0.2, 0.25) is 5.02 Å². The zero-order valence-corrected chi connectivity index (χ0v) is 10.6. The van der Waals surface area contributed by atoms with Crippen LogP contribution in [0.3, 0.4) is 0 Å². The lowest BCUT2D eigenvalue weighted by atomic mass is 10.3. The Morgan fingerprint density at radius 2 is 2.17 bits per heavy atom. The molecule has 0 fully saturated rings. The summed E-state index contributed by atoms with van der Waals surface area (Å²) < 4.78 is 0. The predicted octanol–water partition coefficient (Wildman–Crippen LogP) is 3.38. The van der Waals surface area contributed by atoms with E-state index in [1.54, 1.807) is 24.4 Å². The van der Waals surface area contributed by atoms with Crippen LogP contribution in [0.15, 0.2) is 46.5 Å². The number of benzene rings is 1. The average molecular weight is 282 g/mol. The third-order valence-corrected chi connectivity index (χ3v) is 3.56. The van der Waals surface area contributed by atoms with Crippen LogP contribution in [-0.2, 0) is 0 Å². The molecule has 1 aromatic carbocycles. The first-order valence-electron chi connectivity index (χ1n) is 4.90. The van der Waals surface area contributed by atoms with Crippen LogP contribution in [0, 0.1) is 10.1 Å². The van der Waals surface area contributed by atoms with E-state index in [1.807, 2.05) is 0 Å². The lowest BCUT2D eigenvalue weighted by Crippen LogP contribution is -1.95. The first-order chi connectivity index (χ1) is 8.58. The quantitative estimate of drug-likeness (QED) is 0.530. The number of nitrogens with two attached hydrogens (primary N) is 1. The van der Waals surface area contributed by atoms with Crippen molar-refractivity contribution >= 4 is 34.7 Å². The van der Waals surface area contributed by atoms with Crippen molar-refractivity contribution < 1.29 is 4.92 Å². The molecule has 0 amide bonds. The zero-order valence-electron chi connectivity index (χ0n) is 9.04. The van der Waals surface area contributed by atoms with E-state index in [0.717, 1.165) is 4.90 Å². The third-order valence-electron chi connectivity index (χ3n) is 2.13. The number of hydrogen-bond donors (Lipinski definition) is 1. The van der Waals surface area contributed by atoms with Gasteiger partial charge in [0.2, 0.25) is 0 Å². The Labute approximate surface area is 112 Å². The second-order valence-electron chi connectivity index (χ2n) is 3.37. The highest BCUT2D eigenvalue weighted by molar-refractivity contribution is 7.99. The van der Waals surface area contributed by atoms with Crippen molar-refractivity contribution in [3.05, 3.63) is 51.7 Å². The summed E-state index contributed by atoms with van der Waals surface area (Å²) in [5, 5.41) is 11.8. The Balaban J connectivity index is 2.29. The maximum absolute atomic E-state index is 10.6. The first-order valence-corrected chi connectivity index (χ1v) is 6.09. The molecular weight excluding hydrogens is 274 g/mol. The van der Waals surface area contributed by atoms with Gasteiger partial charge in [0, 0.05) is 17.2 Å². The topological polar surface area (TPSA) is 82.0 Å². The monoisotopic (exact) mass is 281 g/mol. The highest BCUT2D eigenvalue weighted by atomic mass is 35.5. The van der Waals surface area contributed by atoms with E-state index in [-0.39, 0.29) is 11.4 Å². The number of rotatable bonds is 3. The van der Waals surface area contributed by atoms with Gasteiger partial charge in [-0.05, 0) is 24.3 Å². The summed E-state index contributed by atoms with van der Waals surface area (Å²) in [6, 6.07) is 7.98. The summed E-state index contributed by atoms with van der Waals surface area (Å²) in [7, 11) is 0. The van der Waals surface area contributed by atoms with Gasteiger partial charge in [0.1, 0.15) is 10.7 Å². The molecule has 0 radical (unpaired) electrons. The predicted molar refractivity (Wildman–Crippen MR) is 70.9 cm³/mol. The molecule has 2 aromatic rings. The van der Waals surface area contributed by atoms with Gasteiger partial charge in [0.15, 0.2) is 0 Å². The molecule has 1 aromatic heterocycles. The molecule has 18 heavy (non-hydrogen) atoms. The van der Waals surface area contributed by atoms with Crippen LogP contribution in [0.1, 0.15) is 0 Å². The number of nitro benzene ring substituents is 1. The number of nitrogens with zero attached hydrogens (tertiary/aromatic N) is 2. The van der Waals surface area contributed by atoms with Gasteiger partial charge in [-0.2, -0.15) is 0 Å². The summed E-state index contributed by atoms with van der Waals surface area (Å²) in [6.07, 6.45) is 1.63. The van der Waals surface area contributed by atoms with E-state index in [4.69, 9.17) is 17.3 Å². The Kier molecular flexibility index (Phi) is 3.69. The van der Waals surface area contributed by atoms with Crippen LogP contribution >= 0.6 is 23.4 Å². The smallest absolute Gasteiger partial charge is 0.292 e. The Morgan fingerprint density at radius 1 is 1.39 bits per heavy atom. The lowest BCUT2D eigenvalue weighted by Gasteiger charge is -2.04. The average Bonchev–Trinajstić information content (AvgIpc) is 2.32. The minimum atomic E-state index is -0.516. The van der Waals surface area contributed by atoms with E-state index in [0.29, 0.717) is 10.0 Å². The van der Waals surface area contributed by atoms with Crippen LogP contribution in [0.4, 0.5) is 11.4 Å². The largest absolute Gasteiger partial charge is 0.393 e. The molecule has 0 unspecified atom stereocenters. The van der Waals surface area contributed by atoms with Crippen molar-refractivity contribution in [3.8, 4) is 0 Å². The molecule has 0 saturated heterocycles. The fourth-order valence-corrected chi connectivity index (χ4v) is 2.38. The van der Waals surface area contributed by atoms with E-state index in [9.17, 15) is 10.1 Å². The van der Waals surface area contributed by atoms with Gasteiger partial charge in [-0.15, -0.1) is 0 Å². The molecule has 0 aliphatic rings. The molecule has 0 atom stereocenters. The molecule has 92 valence electrons. The van der Waals surface area contributed by atoms with Gasteiger partial charge >= 0.3 is 0 Å². The number of hydrogen-bond acceptors (Lipinski definition) is 5. The van der Waals surface area contributed by atoms with Gasteiger partial charge in [0.05, 0.1) is 9.95 Å². The number of anilines is 1. The lowest BCUT2D eigenvalue weighted by molar-refractivity contribution is -0.383. The number of pyridine rings is 1. The normalized spacial score (nSPS) is 10.3. The fourth-order valence-electron chi connectivity index (χ4n) is 1.32. The Hall–Kier alpha value is -1.79. The third kappa shape index (κ3) is 2.72. The second-order valence-corrected chi connectivity index (χ2v) is 4.84. The van der Waals surface area contributed by atoms with Gasteiger partial charge < -0.3 is 5.73 Å². The van der Waals surface area contributed by atoms with Crippen molar-refractivity contribution in [1.82, 2.24) is 4.98 Å². The molecule has 0 aliphatic heterocycles. The van der Waals surface area contributed by atoms with Crippen molar-refractivity contribution in [2.24, 2.45) is 0 Å². The number of nitro groups is 1. The zero-order chi connectivity index (χ0) is 13.1.